The van der Waals surface area contributed by atoms with Gasteiger partial charge in [-0.3, -0.25) is 4.79 Å². The Bertz CT molecular complexity index is 1430. The lowest BCUT2D eigenvalue weighted by Crippen LogP contribution is -2.36. The summed E-state index contributed by atoms with van der Waals surface area (Å²) >= 11 is 0. The number of fused-ring (bicyclic) bond motifs is 4. The first-order valence-corrected chi connectivity index (χ1v) is 12.1. The molecule has 2 aliphatic rings. The molecule has 188 valence electrons. The van der Waals surface area contributed by atoms with Gasteiger partial charge in [-0.25, -0.2) is 4.68 Å². The summed E-state index contributed by atoms with van der Waals surface area (Å²) in [6.45, 7) is 0. The van der Waals surface area contributed by atoms with Gasteiger partial charge in [-0.1, -0.05) is 60.7 Å². The number of halogens is 3. The van der Waals surface area contributed by atoms with E-state index in [0.717, 1.165) is 26.9 Å². The molecule has 37 heavy (non-hydrogen) atoms. The maximum absolute atomic E-state index is 14.1. The number of Topliss-reactive ketones (excluding diaryl/α,β-unsaturated/α-hetero) is 1. The van der Waals surface area contributed by atoms with Crippen LogP contribution in [0.25, 0.3) is 11.1 Å². The number of aromatic nitrogens is 2. The Balaban J connectivity index is 1.35. The van der Waals surface area contributed by atoms with E-state index in [9.17, 15) is 18.0 Å². The Hall–Kier alpha value is -4.07. The minimum absolute atomic E-state index is 0.110. The van der Waals surface area contributed by atoms with Crippen LogP contribution in [-0.4, -0.2) is 28.8 Å². The third-order valence-electron chi connectivity index (χ3n) is 7.41. The van der Waals surface area contributed by atoms with Gasteiger partial charge >= 0.3 is 6.18 Å². The number of methoxy groups -OCH3 is 1. The van der Waals surface area contributed by atoms with Crippen molar-refractivity contribution in [1.29, 1.82) is 0 Å². The third kappa shape index (κ3) is 3.97. The maximum atomic E-state index is 14.1. The molecule has 1 aliphatic carbocycles. The van der Waals surface area contributed by atoms with Gasteiger partial charge in [0.2, 0.25) is 0 Å². The highest BCUT2D eigenvalue weighted by atomic mass is 19.4. The molecule has 5 nitrogen and oxygen atoms in total. The quantitative estimate of drug-likeness (QED) is 0.300. The lowest BCUT2D eigenvalue weighted by molar-refractivity contribution is -0.173. The van der Waals surface area contributed by atoms with Crippen LogP contribution in [0.3, 0.4) is 0 Å². The number of ether oxygens (including phenoxy) is 1. The van der Waals surface area contributed by atoms with E-state index < -0.39 is 18.3 Å². The number of carbonyl (C=O) groups excluding carboxylic acids is 1. The van der Waals surface area contributed by atoms with Crippen LogP contribution in [0.4, 0.5) is 19.0 Å². The molecule has 2 unspecified atom stereocenters. The molecule has 1 N–H and O–H groups in total. The normalized spacial score (nSPS) is 18.5. The number of ketones is 1. The Labute approximate surface area is 211 Å². The minimum atomic E-state index is -4.52. The molecule has 4 aromatic rings. The van der Waals surface area contributed by atoms with E-state index in [2.05, 4.69) is 10.4 Å². The summed E-state index contributed by atoms with van der Waals surface area (Å²) in [4.78, 5) is 13.6. The molecule has 8 heteroatoms. The molecule has 0 radical (unpaired) electrons. The van der Waals surface area contributed by atoms with Gasteiger partial charge in [0.25, 0.3) is 0 Å². The molecule has 0 amide bonds. The molecule has 2 heterocycles. The molecule has 1 aromatic heterocycles. The molecule has 0 spiro atoms. The van der Waals surface area contributed by atoms with Crippen molar-refractivity contribution in [2.45, 2.75) is 37.0 Å². The van der Waals surface area contributed by atoms with Crippen LogP contribution < -0.4 is 10.1 Å². The predicted molar refractivity (Wildman–Crippen MR) is 134 cm³/mol. The average Bonchev–Trinajstić information content (AvgIpc) is 3.47. The zero-order chi connectivity index (χ0) is 25.7. The number of nitrogens with one attached hydrogen (secondary N) is 1. The minimum Gasteiger partial charge on any atom is -0.497 e. The molecular formula is C29H24F3N3O2. The van der Waals surface area contributed by atoms with Crippen molar-refractivity contribution in [3.05, 3.63) is 101 Å². The zero-order valence-corrected chi connectivity index (χ0v) is 20.0. The lowest BCUT2D eigenvalue weighted by atomic mass is 9.90. The van der Waals surface area contributed by atoms with Crippen molar-refractivity contribution in [3.63, 3.8) is 0 Å². The summed E-state index contributed by atoms with van der Waals surface area (Å²) in [6.07, 6.45) is -3.34. The van der Waals surface area contributed by atoms with Gasteiger partial charge in [0.1, 0.15) is 11.6 Å². The molecule has 0 saturated carbocycles. The van der Waals surface area contributed by atoms with Crippen molar-refractivity contribution in [2.75, 3.05) is 12.4 Å². The van der Waals surface area contributed by atoms with Gasteiger partial charge in [-0.2, -0.15) is 18.3 Å². The van der Waals surface area contributed by atoms with E-state index in [1.165, 1.54) is 13.3 Å². The predicted octanol–water partition coefficient (Wildman–Crippen LogP) is 6.94. The Morgan fingerprint density at radius 2 is 1.62 bits per heavy atom. The van der Waals surface area contributed by atoms with Gasteiger partial charge in [-0.15, -0.1) is 0 Å². The van der Waals surface area contributed by atoms with Crippen molar-refractivity contribution in [3.8, 4) is 16.9 Å². The fourth-order valence-electron chi connectivity index (χ4n) is 5.60. The SMILES string of the molecule is COc1ccc(C2CC(C(F)(F)F)n3ncc(C(=O)CC4c5ccccc5-c5ccccc54)c3N2)cc1. The second-order valence-corrected chi connectivity index (χ2v) is 9.47. The zero-order valence-electron chi connectivity index (χ0n) is 20.0. The standard InChI is InChI=1S/C29H24F3N3O2/c1-37-18-12-10-17(11-13-18)25-15-27(29(30,31)32)35-28(34-25)24(16-33-35)26(36)14-23-21-8-4-2-6-19(21)20-7-3-5-9-22(20)23/h2-13,16,23,25,27,34H,14-15H2,1H3. The van der Waals surface area contributed by atoms with E-state index in [4.69, 9.17) is 4.74 Å². The van der Waals surface area contributed by atoms with E-state index in [0.29, 0.717) is 11.3 Å². The summed E-state index contributed by atoms with van der Waals surface area (Å²) in [5.74, 6) is 0.306. The van der Waals surface area contributed by atoms with Crippen LogP contribution in [0.1, 0.15) is 57.9 Å². The highest BCUT2D eigenvalue weighted by molar-refractivity contribution is 6.02. The van der Waals surface area contributed by atoms with E-state index >= 15 is 0 Å². The number of alkyl halides is 3. The lowest BCUT2D eigenvalue weighted by Gasteiger charge is -2.34. The molecule has 2 atom stereocenters. The summed E-state index contributed by atoms with van der Waals surface area (Å²) < 4.78 is 48.4. The summed E-state index contributed by atoms with van der Waals surface area (Å²) in [7, 11) is 1.53. The number of hydrogen-bond donors (Lipinski definition) is 1. The third-order valence-corrected chi connectivity index (χ3v) is 7.41. The maximum Gasteiger partial charge on any atom is 0.410 e. The second kappa shape index (κ2) is 8.80. The number of benzene rings is 3. The van der Waals surface area contributed by atoms with Crippen LogP contribution in [0.15, 0.2) is 79.0 Å². The van der Waals surface area contributed by atoms with Gasteiger partial charge in [0.15, 0.2) is 11.8 Å². The molecule has 6 rings (SSSR count). The van der Waals surface area contributed by atoms with E-state index in [1.54, 1.807) is 24.3 Å². The van der Waals surface area contributed by atoms with Gasteiger partial charge in [0, 0.05) is 18.8 Å². The Morgan fingerprint density at radius 1 is 1.00 bits per heavy atom. The van der Waals surface area contributed by atoms with Crippen LogP contribution in [0.5, 0.6) is 5.75 Å². The molecule has 1 aliphatic heterocycles. The molecule has 3 aromatic carbocycles. The van der Waals surface area contributed by atoms with Gasteiger partial charge < -0.3 is 10.1 Å². The van der Waals surface area contributed by atoms with Crippen LogP contribution >= 0.6 is 0 Å². The second-order valence-electron chi connectivity index (χ2n) is 9.47. The summed E-state index contributed by atoms with van der Waals surface area (Å²) in [6, 6.07) is 20.3. The smallest absolute Gasteiger partial charge is 0.410 e. The number of anilines is 1. The Kier molecular flexibility index (Phi) is 5.55. The van der Waals surface area contributed by atoms with Crippen LogP contribution in [0, 0.1) is 0 Å². The highest BCUT2D eigenvalue weighted by Crippen LogP contribution is 2.48. The van der Waals surface area contributed by atoms with Crippen molar-refractivity contribution in [2.24, 2.45) is 0 Å². The molecule has 0 saturated heterocycles. The van der Waals surface area contributed by atoms with Gasteiger partial charge in [0.05, 0.1) is 24.9 Å². The topological polar surface area (TPSA) is 56.2 Å². The van der Waals surface area contributed by atoms with Crippen molar-refractivity contribution >= 4 is 11.6 Å². The van der Waals surface area contributed by atoms with Crippen molar-refractivity contribution in [1.82, 2.24) is 9.78 Å². The first kappa shape index (κ1) is 23.3. The molecular weight excluding hydrogens is 479 g/mol. The number of carbonyl (C=O) groups is 1. The average molecular weight is 504 g/mol. The molecule has 0 fully saturated rings. The highest BCUT2D eigenvalue weighted by Gasteiger charge is 2.47. The monoisotopic (exact) mass is 503 g/mol. The van der Waals surface area contributed by atoms with E-state index in [-0.39, 0.29) is 35.9 Å². The number of rotatable bonds is 5. The number of nitrogens with zero attached hydrogens (tertiary/aromatic N) is 2. The van der Waals surface area contributed by atoms with E-state index in [1.807, 2.05) is 48.5 Å². The molecule has 0 bridgehead atoms. The van der Waals surface area contributed by atoms with Crippen LogP contribution in [0.2, 0.25) is 0 Å². The first-order chi connectivity index (χ1) is 17.8. The first-order valence-electron chi connectivity index (χ1n) is 12.1. The fraction of sp³-hybridized carbons (Fsp3) is 0.241. The summed E-state index contributed by atoms with van der Waals surface area (Å²) in [5.41, 5.74) is 5.13. The summed E-state index contributed by atoms with van der Waals surface area (Å²) in [5, 5.41) is 7.22. The van der Waals surface area contributed by atoms with Crippen molar-refractivity contribution < 1.29 is 22.7 Å². The van der Waals surface area contributed by atoms with Crippen LogP contribution in [-0.2, 0) is 0 Å². The Morgan fingerprint density at radius 3 is 2.22 bits per heavy atom. The van der Waals surface area contributed by atoms with Gasteiger partial charge in [-0.05, 0) is 39.9 Å². The number of hydrogen-bond acceptors (Lipinski definition) is 4. The largest absolute Gasteiger partial charge is 0.497 e. The fourth-order valence-corrected chi connectivity index (χ4v) is 5.60.